The minimum absolute atomic E-state index is 0.681. The highest BCUT2D eigenvalue weighted by Crippen LogP contribution is 2.07. The SMILES string of the molecule is CCOCCCNCCN(CCOC)C(CC)CC. The molecule has 0 aliphatic carbocycles. The Morgan fingerprint density at radius 2 is 1.74 bits per heavy atom. The maximum atomic E-state index is 5.32. The second-order valence-corrected chi connectivity index (χ2v) is 4.80. The molecule has 0 rings (SSSR count). The van der Waals surface area contributed by atoms with E-state index in [1.165, 1.54) is 12.8 Å². The average Bonchev–Trinajstić information content (AvgIpc) is 2.44. The molecule has 0 spiro atoms. The standard InChI is InChI=1S/C15H34N2O2/c1-5-15(6-2)17(12-14-18-4)11-10-16-9-8-13-19-7-3/h15-16H,5-14H2,1-4H3. The molecular formula is C15H34N2O2. The average molecular weight is 274 g/mol. The van der Waals surface area contributed by atoms with Gasteiger partial charge in [-0.05, 0) is 32.7 Å². The van der Waals surface area contributed by atoms with Crippen LogP contribution in [0.5, 0.6) is 0 Å². The summed E-state index contributed by atoms with van der Waals surface area (Å²) in [5.41, 5.74) is 0. The van der Waals surface area contributed by atoms with Crippen molar-refractivity contribution >= 4 is 0 Å². The van der Waals surface area contributed by atoms with E-state index in [0.29, 0.717) is 6.04 Å². The van der Waals surface area contributed by atoms with Crippen molar-refractivity contribution in [3.05, 3.63) is 0 Å². The predicted octanol–water partition coefficient (Wildman–Crippen LogP) is 2.14. The fourth-order valence-corrected chi connectivity index (χ4v) is 2.28. The Labute approximate surface area is 119 Å². The van der Waals surface area contributed by atoms with Crippen LogP contribution in [0.3, 0.4) is 0 Å². The second kappa shape index (κ2) is 14.3. The van der Waals surface area contributed by atoms with Crippen molar-refractivity contribution in [1.29, 1.82) is 0 Å². The summed E-state index contributed by atoms with van der Waals surface area (Å²) >= 11 is 0. The summed E-state index contributed by atoms with van der Waals surface area (Å²) in [5.74, 6) is 0. The number of hydrogen-bond acceptors (Lipinski definition) is 4. The molecule has 0 fully saturated rings. The molecule has 0 saturated carbocycles. The summed E-state index contributed by atoms with van der Waals surface area (Å²) in [5, 5.41) is 3.49. The maximum Gasteiger partial charge on any atom is 0.0589 e. The molecule has 4 heteroatoms. The van der Waals surface area contributed by atoms with E-state index in [9.17, 15) is 0 Å². The van der Waals surface area contributed by atoms with Crippen LogP contribution in [0.25, 0.3) is 0 Å². The zero-order valence-electron chi connectivity index (χ0n) is 13.4. The van der Waals surface area contributed by atoms with E-state index in [1.54, 1.807) is 7.11 Å². The lowest BCUT2D eigenvalue weighted by Gasteiger charge is -2.30. The number of ether oxygens (including phenoxy) is 2. The number of nitrogens with one attached hydrogen (secondary N) is 1. The topological polar surface area (TPSA) is 33.7 Å². The van der Waals surface area contributed by atoms with Crippen LogP contribution < -0.4 is 5.32 Å². The molecule has 0 aliphatic rings. The lowest BCUT2D eigenvalue weighted by atomic mass is 10.1. The molecule has 0 atom stereocenters. The van der Waals surface area contributed by atoms with Crippen molar-refractivity contribution in [1.82, 2.24) is 10.2 Å². The molecule has 4 nitrogen and oxygen atoms in total. The van der Waals surface area contributed by atoms with Gasteiger partial charge in [-0.2, -0.15) is 0 Å². The monoisotopic (exact) mass is 274 g/mol. The van der Waals surface area contributed by atoms with Gasteiger partial charge in [0.15, 0.2) is 0 Å². The molecule has 0 saturated heterocycles. The Kier molecular flexibility index (Phi) is 14.1. The van der Waals surface area contributed by atoms with Gasteiger partial charge in [-0.3, -0.25) is 4.90 Å². The van der Waals surface area contributed by atoms with E-state index in [1.807, 2.05) is 6.92 Å². The molecule has 0 amide bonds. The number of nitrogens with zero attached hydrogens (tertiary/aromatic N) is 1. The maximum absolute atomic E-state index is 5.32. The van der Waals surface area contributed by atoms with Crippen molar-refractivity contribution in [2.24, 2.45) is 0 Å². The first-order valence-corrected chi connectivity index (χ1v) is 7.81. The van der Waals surface area contributed by atoms with Gasteiger partial charge in [0.05, 0.1) is 6.61 Å². The van der Waals surface area contributed by atoms with E-state index in [4.69, 9.17) is 9.47 Å². The molecule has 0 aromatic rings. The Bertz CT molecular complexity index is 176. The highest BCUT2D eigenvalue weighted by atomic mass is 16.5. The fraction of sp³-hybridized carbons (Fsp3) is 1.00. The van der Waals surface area contributed by atoms with Gasteiger partial charge in [0, 0.05) is 46.0 Å². The summed E-state index contributed by atoms with van der Waals surface area (Å²) in [7, 11) is 1.77. The quantitative estimate of drug-likeness (QED) is 0.492. The van der Waals surface area contributed by atoms with Crippen LogP contribution in [-0.2, 0) is 9.47 Å². The van der Waals surface area contributed by atoms with Crippen LogP contribution in [-0.4, -0.2) is 64.1 Å². The molecule has 0 aliphatic heterocycles. The van der Waals surface area contributed by atoms with E-state index in [-0.39, 0.29) is 0 Å². The van der Waals surface area contributed by atoms with Crippen molar-refractivity contribution in [2.45, 2.75) is 46.1 Å². The van der Waals surface area contributed by atoms with Gasteiger partial charge in [0.25, 0.3) is 0 Å². The van der Waals surface area contributed by atoms with Crippen molar-refractivity contribution in [3.8, 4) is 0 Å². The lowest BCUT2D eigenvalue weighted by molar-refractivity contribution is 0.115. The first-order chi connectivity index (χ1) is 9.29. The van der Waals surface area contributed by atoms with Crippen molar-refractivity contribution in [2.75, 3.05) is 53.1 Å². The van der Waals surface area contributed by atoms with Gasteiger partial charge >= 0.3 is 0 Å². The van der Waals surface area contributed by atoms with Gasteiger partial charge in [-0.15, -0.1) is 0 Å². The fourth-order valence-electron chi connectivity index (χ4n) is 2.28. The smallest absolute Gasteiger partial charge is 0.0589 e. The number of hydrogen-bond donors (Lipinski definition) is 1. The molecule has 0 heterocycles. The first kappa shape index (κ1) is 18.8. The van der Waals surface area contributed by atoms with Crippen LogP contribution in [0.15, 0.2) is 0 Å². The largest absolute Gasteiger partial charge is 0.383 e. The third-order valence-electron chi connectivity index (χ3n) is 3.46. The molecule has 1 N–H and O–H groups in total. The summed E-state index contributed by atoms with van der Waals surface area (Å²) in [6.45, 7) is 13.3. The molecule has 0 aromatic carbocycles. The summed E-state index contributed by atoms with van der Waals surface area (Å²) < 4.78 is 10.5. The molecule has 116 valence electrons. The Morgan fingerprint density at radius 3 is 2.32 bits per heavy atom. The summed E-state index contributed by atoms with van der Waals surface area (Å²) in [6.07, 6.45) is 3.52. The van der Waals surface area contributed by atoms with Gasteiger partial charge in [0.1, 0.15) is 0 Å². The zero-order valence-corrected chi connectivity index (χ0v) is 13.4. The predicted molar refractivity (Wildman–Crippen MR) is 81.8 cm³/mol. The van der Waals surface area contributed by atoms with Crippen LogP contribution in [0, 0.1) is 0 Å². The third kappa shape index (κ3) is 10.3. The zero-order chi connectivity index (χ0) is 14.3. The van der Waals surface area contributed by atoms with Crippen LogP contribution >= 0.6 is 0 Å². The Balaban J connectivity index is 3.72. The van der Waals surface area contributed by atoms with Crippen LogP contribution in [0.4, 0.5) is 0 Å². The first-order valence-electron chi connectivity index (χ1n) is 7.81. The molecule has 0 aromatic heterocycles. The van der Waals surface area contributed by atoms with Gasteiger partial charge in [-0.25, -0.2) is 0 Å². The van der Waals surface area contributed by atoms with E-state index in [0.717, 1.165) is 52.4 Å². The van der Waals surface area contributed by atoms with E-state index in [2.05, 4.69) is 24.1 Å². The second-order valence-electron chi connectivity index (χ2n) is 4.80. The van der Waals surface area contributed by atoms with Crippen molar-refractivity contribution in [3.63, 3.8) is 0 Å². The van der Waals surface area contributed by atoms with E-state index >= 15 is 0 Å². The number of rotatable bonds is 14. The summed E-state index contributed by atoms with van der Waals surface area (Å²) in [4.78, 5) is 2.54. The van der Waals surface area contributed by atoms with Gasteiger partial charge in [0.2, 0.25) is 0 Å². The van der Waals surface area contributed by atoms with Crippen LogP contribution in [0.1, 0.15) is 40.0 Å². The highest BCUT2D eigenvalue weighted by molar-refractivity contribution is 4.70. The molecule has 0 bridgehead atoms. The lowest BCUT2D eigenvalue weighted by Crippen LogP contribution is -2.41. The number of methoxy groups -OCH3 is 1. The Morgan fingerprint density at radius 1 is 1.00 bits per heavy atom. The molecule has 0 radical (unpaired) electrons. The van der Waals surface area contributed by atoms with Crippen LogP contribution in [0.2, 0.25) is 0 Å². The molecular weight excluding hydrogens is 240 g/mol. The minimum Gasteiger partial charge on any atom is -0.383 e. The van der Waals surface area contributed by atoms with E-state index < -0.39 is 0 Å². The highest BCUT2D eigenvalue weighted by Gasteiger charge is 2.13. The van der Waals surface area contributed by atoms with Crippen molar-refractivity contribution < 1.29 is 9.47 Å². The molecule has 0 unspecified atom stereocenters. The summed E-state index contributed by atoms with van der Waals surface area (Å²) in [6, 6.07) is 0.681. The Hall–Kier alpha value is -0.160. The minimum atomic E-state index is 0.681. The third-order valence-corrected chi connectivity index (χ3v) is 3.46. The van der Waals surface area contributed by atoms with Gasteiger partial charge in [-0.1, -0.05) is 13.8 Å². The normalized spacial score (nSPS) is 11.7. The molecule has 19 heavy (non-hydrogen) atoms. The van der Waals surface area contributed by atoms with Gasteiger partial charge < -0.3 is 14.8 Å².